The van der Waals surface area contributed by atoms with Gasteiger partial charge in [0, 0.05) is 29.6 Å². The first kappa shape index (κ1) is 18.1. The Bertz CT molecular complexity index is 1130. The molecule has 3 aromatic rings. The van der Waals surface area contributed by atoms with Gasteiger partial charge in [0.15, 0.2) is 0 Å². The van der Waals surface area contributed by atoms with Crippen LogP contribution in [-0.2, 0) is 18.4 Å². The molecule has 3 heteroatoms. The summed E-state index contributed by atoms with van der Waals surface area (Å²) in [5, 5.41) is 0. The van der Waals surface area contributed by atoms with Gasteiger partial charge in [-0.05, 0) is 41.7 Å². The van der Waals surface area contributed by atoms with E-state index in [1.807, 2.05) is 0 Å². The van der Waals surface area contributed by atoms with Crippen LogP contribution in [0.2, 0.25) is 0 Å². The summed E-state index contributed by atoms with van der Waals surface area (Å²) in [7, 11) is 0. The maximum absolute atomic E-state index is 5.30. The lowest BCUT2D eigenvalue weighted by atomic mass is 9.70. The Balaban J connectivity index is 1.53. The SMILES string of the molecule is CC12CCC(c3c(-c4ccccc4)nc(N4CCc5ccccc5C4)nc31)C2(C)C. The van der Waals surface area contributed by atoms with Gasteiger partial charge in [0.2, 0.25) is 5.95 Å². The lowest BCUT2D eigenvalue weighted by molar-refractivity contribution is 0.227. The van der Waals surface area contributed by atoms with Crippen LogP contribution in [0.3, 0.4) is 0 Å². The van der Waals surface area contributed by atoms with Crippen molar-refractivity contribution >= 4 is 5.95 Å². The Morgan fingerprint density at radius 1 is 0.900 bits per heavy atom. The Labute approximate surface area is 179 Å². The highest BCUT2D eigenvalue weighted by Crippen LogP contribution is 2.68. The molecule has 2 bridgehead atoms. The van der Waals surface area contributed by atoms with Crippen LogP contribution in [0.1, 0.15) is 61.9 Å². The second kappa shape index (κ2) is 6.16. The summed E-state index contributed by atoms with van der Waals surface area (Å²) in [6.07, 6.45) is 3.53. The Morgan fingerprint density at radius 2 is 1.63 bits per heavy atom. The van der Waals surface area contributed by atoms with Crippen molar-refractivity contribution in [3.8, 4) is 11.3 Å². The van der Waals surface area contributed by atoms with Gasteiger partial charge in [-0.2, -0.15) is 0 Å². The molecule has 3 nitrogen and oxygen atoms in total. The van der Waals surface area contributed by atoms with Gasteiger partial charge in [-0.25, -0.2) is 9.97 Å². The number of benzene rings is 2. The molecule has 0 amide bonds. The van der Waals surface area contributed by atoms with E-state index in [0.29, 0.717) is 5.92 Å². The molecule has 1 aromatic heterocycles. The van der Waals surface area contributed by atoms with Crippen molar-refractivity contribution in [2.24, 2.45) is 5.41 Å². The highest BCUT2D eigenvalue weighted by atomic mass is 15.3. The highest BCUT2D eigenvalue weighted by molar-refractivity contribution is 5.70. The van der Waals surface area contributed by atoms with E-state index in [1.54, 1.807) is 0 Å². The van der Waals surface area contributed by atoms with Crippen LogP contribution < -0.4 is 4.90 Å². The van der Waals surface area contributed by atoms with Gasteiger partial charge < -0.3 is 4.90 Å². The number of anilines is 1. The van der Waals surface area contributed by atoms with Gasteiger partial charge in [0.25, 0.3) is 0 Å². The summed E-state index contributed by atoms with van der Waals surface area (Å²) in [5.41, 5.74) is 8.33. The van der Waals surface area contributed by atoms with Gasteiger partial charge in [0.05, 0.1) is 11.4 Å². The van der Waals surface area contributed by atoms with E-state index in [0.717, 1.165) is 31.2 Å². The molecule has 0 radical (unpaired) electrons. The molecule has 2 aliphatic carbocycles. The fraction of sp³-hybridized carbons (Fsp3) is 0.407. The van der Waals surface area contributed by atoms with Crippen molar-refractivity contribution in [3.63, 3.8) is 0 Å². The van der Waals surface area contributed by atoms with Crippen molar-refractivity contribution in [2.45, 2.75) is 57.9 Å². The first-order chi connectivity index (χ1) is 14.5. The summed E-state index contributed by atoms with van der Waals surface area (Å²) in [6, 6.07) is 19.6. The normalized spacial score (nSPS) is 25.8. The average molecular weight is 396 g/mol. The van der Waals surface area contributed by atoms with E-state index in [4.69, 9.17) is 9.97 Å². The van der Waals surface area contributed by atoms with E-state index < -0.39 is 0 Å². The van der Waals surface area contributed by atoms with E-state index in [9.17, 15) is 0 Å². The number of aromatic nitrogens is 2. The minimum absolute atomic E-state index is 0.127. The van der Waals surface area contributed by atoms with Crippen LogP contribution in [0.25, 0.3) is 11.3 Å². The molecule has 3 aliphatic rings. The monoisotopic (exact) mass is 395 g/mol. The lowest BCUT2D eigenvalue weighted by Crippen LogP contribution is -2.34. The predicted molar refractivity (Wildman–Crippen MR) is 122 cm³/mol. The third-order valence-corrected chi connectivity index (χ3v) is 8.49. The second-order valence-corrected chi connectivity index (χ2v) is 10.1. The molecular weight excluding hydrogens is 366 g/mol. The smallest absolute Gasteiger partial charge is 0.226 e. The first-order valence-electron chi connectivity index (χ1n) is 11.3. The van der Waals surface area contributed by atoms with E-state index >= 15 is 0 Å². The zero-order chi connectivity index (χ0) is 20.5. The maximum atomic E-state index is 5.30. The van der Waals surface area contributed by atoms with E-state index in [1.165, 1.54) is 40.8 Å². The number of hydrogen-bond acceptors (Lipinski definition) is 3. The molecule has 30 heavy (non-hydrogen) atoms. The zero-order valence-electron chi connectivity index (χ0n) is 18.2. The van der Waals surface area contributed by atoms with Crippen molar-refractivity contribution in [1.29, 1.82) is 0 Å². The maximum Gasteiger partial charge on any atom is 0.226 e. The predicted octanol–water partition coefficient (Wildman–Crippen LogP) is 5.88. The highest BCUT2D eigenvalue weighted by Gasteiger charge is 2.61. The number of rotatable bonds is 2. The van der Waals surface area contributed by atoms with Crippen LogP contribution in [-0.4, -0.2) is 16.5 Å². The number of hydrogen-bond donors (Lipinski definition) is 0. The summed E-state index contributed by atoms with van der Waals surface area (Å²) in [5.74, 6) is 1.45. The van der Waals surface area contributed by atoms with Crippen molar-refractivity contribution < 1.29 is 0 Å². The molecule has 152 valence electrons. The summed E-state index contributed by atoms with van der Waals surface area (Å²) < 4.78 is 0. The third-order valence-electron chi connectivity index (χ3n) is 8.49. The number of nitrogens with zero attached hydrogens (tertiary/aromatic N) is 3. The third kappa shape index (κ3) is 2.32. The number of fused-ring (bicyclic) bond motifs is 6. The molecule has 2 unspecified atom stereocenters. The van der Waals surface area contributed by atoms with Gasteiger partial charge in [-0.1, -0.05) is 75.4 Å². The lowest BCUT2D eigenvalue weighted by Gasteiger charge is -2.35. The van der Waals surface area contributed by atoms with Crippen LogP contribution in [0.15, 0.2) is 54.6 Å². The van der Waals surface area contributed by atoms with Crippen LogP contribution in [0.5, 0.6) is 0 Å². The molecule has 1 saturated carbocycles. The van der Waals surface area contributed by atoms with Crippen LogP contribution >= 0.6 is 0 Å². The molecule has 2 heterocycles. The molecule has 0 spiro atoms. The largest absolute Gasteiger partial charge is 0.336 e. The zero-order valence-corrected chi connectivity index (χ0v) is 18.2. The molecule has 0 saturated heterocycles. The summed E-state index contributed by atoms with van der Waals surface area (Å²) in [4.78, 5) is 12.9. The molecular formula is C27H29N3. The van der Waals surface area contributed by atoms with Gasteiger partial charge in [0.1, 0.15) is 0 Å². The topological polar surface area (TPSA) is 29.0 Å². The van der Waals surface area contributed by atoms with E-state index in [-0.39, 0.29) is 10.8 Å². The van der Waals surface area contributed by atoms with Crippen molar-refractivity contribution in [1.82, 2.24) is 9.97 Å². The fourth-order valence-electron chi connectivity index (χ4n) is 6.26. The Hall–Kier alpha value is -2.68. The Kier molecular flexibility index (Phi) is 3.72. The van der Waals surface area contributed by atoms with Crippen molar-refractivity contribution in [2.75, 3.05) is 11.4 Å². The van der Waals surface area contributed by atoms with Gasteiger partial charge in [-0.3, -0.25) is 0 Å². The quantitative estimate of drug-likeness (QED) is 0.542. The van der Waals surface area contributed by atoms with Crippen molar-refractivity contribution in [3.05, 3.63) is 77.0 Å². The van der Waals surface area contributed by atoms with E-state index in [2.05, 4.69) is 80.3 Å². The molecule has 1 fully saturated rings. The molecule has 1 aliphatic heterocycles. The standard InChI is InChI=1S/C27H29N3/c1-26(2)21-13-15-27(26,3)24-22(21)23(19-10-5-4-6-11-19)28-25(29-24)30-16-14-18-9-7-8-12-20(18)17-30/h4-12,21H,13-17H2,1-3H3. The molecule has 6 rings (SSSR count). The van der Waals surface area contributed by atoms with Gasteiger partial charge >= 0.3 is 0 Å². The first-order valence-corrected chi connectivity index (χ1v) is 11.3. The average Bonchev–Trinajstić information content (AvgIpc) is 3.11. The molecule has 2 atom stereocenters. The van der Waals surface area contributed by atoms with Gasteiger partial charge in [-0.15, -0.1) is 0 Å². The summed E-state index contributed by atoms with van der Waals surface area (Å²) >= 11 is 0. The minimum Gasteiger partial charge on any atom is -0.336 e. The second-order valence-electron chi connectivity index (χ2n) is 10.1. The molecule has 0 N–H and O–H groups in total. The molecule has 2 aromatic carbocycles. The fourth-order valence-corrected chi connectivity index (χ4v) is 6.26. The Morgan fingerprint density at radius 3 is 2.43 bits per heavy atom. The van der Waals surface area contributed by atoms with Crippen LogP contribution in [0.4, 0.5) is 5.95 Å². The minimum atomic E-state index is 0.127. The van der Waals surface area contributed by atoms with Crippen LogP contribution in [0, 0.1) is 5.41 Å². The summed E-state index contributed by atoms with van der Waals surface area (Å²) in [6.45, 7) is 9.20.